The normalized spacial score (nSPS) is 10.4. The van der Waals surface area contributed by atoms with Crippen molar-refractivity contribution < 1.29 is 9.53 Å². The molecule has 4 nitrogen and oxygen atoms in total. The maximum atomic E-state index is 11.9. The average Bonchev–Trinajstić information content (AvgIpc) is 2.24. The van der Waals surface area contributed by atoms with Crippen LogP contribution >= 0.6 is 0 Å². The first kappa shape index (κ1) is 13.2. The van der Waals surface area contributed by atoms with Gasteiger partial charge in [-0.05, 0) is 26.8 Å². The van der Waals surface area contributed by atoms with Crippen molar-refractivity contribution in [3.05, 3.63) is 29.6 Å². The summed E-state index contributed by atoms with van der Waals surface area (Å²) in [6, 6.07) is 1.59. The lowest BCUT2D eigenvalue weighted by molar-refractivity contribution is 0.00691. The summed E-state index contributed by atoms with van der Waals surface area (Å²) < 4.78 is 5.28. The van der Waals surface area contributed by atoms with Gasteiger partial charge >= 0.3 is 5.97 Å². The minimum atomic E-state index is -0.529. The molecule has 1 aromatic rings. The fourth-order valence-corrected chi connectivity index (χ4v) is 1.15. The van der Waals surface area contributed by atoms with Gasteiger partial charge in [-0.25, -0.2) is 4.79 Å². The number of ether oxygens (including phenoxy) is 1. The number of esters is 1. The molecular weight excluding hydrogens is 216 g/mol. The lowest BCUT2D eigenvalue weighted by Crippen LogP contribution is -2.24. The van der Waals surface area contributed by atoms with Crippen molar-refractivity contribution in [2.75, 3.05) is 6.54 Å². The van der Waals surface area contributed by atoms with E-state index < -0.39 is 11.6 Å². The highest BCUT2D eigenvalue weighted by Crippen LogP contribution is 2.14. The van der Waals surface area contributed by atoms with Crippen LogP contribution < -0.4 is 5.73 Å². The second-order valence-electron chi connectivity index (χ2n) is 4.43. The highest BCUT2D eigenvalue weighted by Gasteiger charge is 2.19. The van der Waals surface area contributed by atoms with Crippen molar-refractivity contribution in [1.82, 2.24) is 4.98 Å². The monoisotopic (exact) mass is 232 g/mol. The van der Waals surface area contributed by atoms with Crippen LogP contribution in [0.5, 0.6) is 0 Å². The Kier molecular flexibility index (Phi) is 4.24. The molecule has 0 atom stereocenters. The van der Waals surface area contributed by atoms with Gasteiger partial charge in [0, 0.05) is 12.4 Å². The van der Waals surface area contributed by atoms with Crippen molar-refractivity contribution in [2.24, 2.45) is 5.73 Å². The fraction of sp³-hybridized carbons (Fsp3) is 0.385. The predicted molar refractivity (Wildman–Crippen MR) is 65.3 cm³/mol. The Morgan fingerprint density at radius 3 is 2.82 bits per heavy atom. The second-order valence-corrected chi connectivity index (χ2v) is 4.43. The third-order valence-electron chi connectivity index (χ3n) is 1.76. The van der Waals surface area contributed by atoms with E-state index in [0.717, 1.165) is 0 Å². The summed E-state index contributed by atoms with van der Waals surface area (Å²) in [6.45, 7) is 5.69. The summed E-state index contributed by atoms with van der Waals surface area (Å²) in [7, 11) is 0. The van der Waals surface area contributed by atoms with E-state index in [9.17, 15) is 4.79 Å². The molecule has 0 saturated heterocycles. The van der Waals surface area contributed by atoms with Crippen molar-refractivity contribution in [3.8, 4) is 11.8 Å². The van der Waals surface area contributed by atoms with Crippen LogP contribution in [-0.2, 0) is 4.74 Å². The largest absolute Gasteiger partial charge is 0.456 e. The SMILES string of the molecule is CC(C)(C)OC(=O)c1ccncc1C#CCN. The van der Waals surface area contributed by atoms with E-state index in [2.05, 4.69) is 16.8 Å². The molecule has 1 aromatic heterocycles. The van der Waals surface area contributed by atoms with Gasteiger partial charge in [0.2, 0.25) is 0 Å². The van der Waals surface area contributed by atoms with Crippen LogP contribution in [0.4, 0.5) is 0 Å². The molecule has 0 aliphatic rings. The van der Waals surface area contributed by atoms with Crippen LogP contribution in [0.2, 0.25) is 0 Å². The summed E-state index contributed by atoms with van der Waals surface area (Å²) >= 11 is 0. The average molecular weight is 232 g/mol. The van der Waals surface area contributed by atoms with Gasteiger partial charge < -0.3 is 10.5 Å². The summed E-state index contributed by atoms with van der Waals surface area (Å²) in [4.78, 5) is 15.8. The van der Waals surface area contributed by atoms with Crippen LogP contribution in [-0.4, -0.2) is 23.1 Å². The quantitative estimate of drug-likeness (QED) is 0.586. The molecule has 0 aliphatic carbocycles. The molecule has 90 valence electrons. The van der Waals surface area contributed by atoms with Crippen LogP contribution in [0.1, 0.15) is 36.7 Å². The molecule has 0 saturated carbocycles. The van der Waals surface area contributed by atoms with Gasteiger partial charge in [-0.3, -0.25) is 4.98 Å². The Hall–Kier alpha value is -1.86. The van der Waals surface area contributed by atoms with Crippen molar-refractivity contribution >= 4 is 5.97 Å². The Balaban J connectivity index is 3.01. The van der Waals surface area contributed by atoms with E-state index in [4.69, 9.17) is 10.5 Å². The molecule has 0 bridgehead atoms. The summed E-state index contributed by atoms with van der Waals surface area (Å²) in [6.07, 6.45) is 3.06. The van der Waals surface area contributed by atoms with E-state index in [1.54, 1.807) is 6.07 Å². The topological polar surface area (TPSA) is 65.2 Å². The molecule has 0 fully saturated rings. The number of carbonyl (C=O) groups is 1. The first-order valence-electron chi connectivity index (χ1n) is 5.30. The van der Waals surface area contributed by atoms with Gasteiger partial charge in [0.15, 0.2) is 0 Å². The third kappa shape index (κ3) is 4.25. The number of hydrogen-bond donors (Lipinski definition) is 1. The van der Waals surface area contributed by atoms with Gasteiger partial charge in [0.1, 0.15) is 5.60 Å². The number of nitrogens with two attached hydrogens (primary N) is 1. The summed E-state index contributed by atoms with van der Waals surface area (Å²) in [5, 5.41) is 0. The van der Waals surface area contributed by atoms with Crippen LogP contribution in [0.3, 0.4) is 0 Å². The van der Waals surface area contributed by atoms with Gasteiger partial charge in [0.25, 0.3) is 0 Å². The van der Waals surface area contributed by atoms with Gasteiger partial charge in [-0.1, -0.05) is 11.8 Å². The van der Waals surface area contributed by atoms with Gasteiger partial charge in [0.05, 0.1) is 17.7 Å². The fourth-order valence-electron chi connectivity index (χ4n) is 1.15. The van der Waals surface area contributed by atoms with E-state index in [1.807, 2.05) is 20.8 Å². The number of nitrogens with zero attached hydrogens (tertiary/aromatic N) is 1. The number of pyridine rings is 1. The number of carbonyl (C=O) groups excluding carboxylic acids is 1. The lowest BCUT2D eigenvalue weighted by Gasteiger charge is -2.19. The Labute approximate surface area is 101 Å². The zero-order chi connectivity index (χ0) is 12.9. The molecule has 0 aliphatic heterocycles. The Morgan fingerprint density at radius 2 is 2.24 bits per heavy atom. The van der Waals surface area contributed by atoms with Crippen LogP contribution in [0, 0.1) is 11.8 Å². The van der Waals surface area contributed by atoms with Gasteiger partial charge in [-0.2, -0.15) is 0 Å². The maximum Gasteiger partial charge on any atom is 0.340 e. The molecule has 0 spiro atoms. The molecular formula is C13H16N2O2. The standard InChI is InChI=1S/C13H16N2O2/c1-13(2,3)17-12(16)11-6-8-15-9-10(11)5-4-7-14/h6,8-9H,7,14H2,1-3H3. The predicted octanol–water partition coefficient (Wildman–Crippen LogP) is 1.35. The van der Waals surface area contributed by atoms with Crippen molar-refractivity contribution in [2.45, 2.75) is 26.4 Å². The minimum absolute atomic E-state index is 0.239. The zero-order valence-corrected chi connectivity index (χ0v) is 10.3. The van der Waals surface area contributed by atoms with Crippen molar-refractivity contribution in [1.29, 1.82) is 0 Å². The molecule has 1 rings (SSSR count). The third-order valence-corrected chi connectivity index (χ3v) is 1.76. The zero-order valence-electron chi connectivity index (χ0n) is 10.3. The molecule has 2 N–H and O–H groups in total. The first-order valence-corrected chi connectivity index (χ1v) is 5.30. The van der Waals surface area contributed by atoms with Crippen LogP contribution in [0.25, 0.3) is 0 Å². The van der Waals surface area contributed by atoms with E-state index in [-0.39, 0.29) is 6.54 Å². The summed E-state index contributed by atoms with van der Waals surface area (Å²) in [5.74, 6) is 5.09. The highest BCUT2D eigenvalue weighted by molar-refractivity contribution is 5.92. The number of rotatable bonds is 1. The van der Waals surface area contributed by atoms with E-state index in [1.165, 1.54) is 12.4 Å². The van der Waals surface area contributed by atoms with E-state index in [0.29, 0.717) is 11.1 Å². The van der Waals surface area contributed by atoms with Gasteiger partial charge in [-0.15, -0.1) is 0 Å². The molecule has 0 aromatic carbocycles. The second kappa shape index (κ2) is 5.46. The Bertz CT molecular complexity index is 464. The molecule has 4 heteroatoms. The molecule has 17 heavy (non-hydrogen) atoms. The number of hydrogen-bond acceptors (Lipinski definition) is 4. The van der Waals surface area contributed by atoms with Crippen molar-refractivity contribution in [3.63, 3.8) is 0 Å². The highest BCUT2D eigenvalue weighted by atomic mass is 16.6. The Morgan fingerprint density at radius 1 is 1.53 bits per heavy atom. The van der Waals surface area contributed by atoms with E-state index >= 15 is 0 Å². The first-order chi connectivity index (χ1) is 7.94. The summed E-state index contributed by atoms with van der Waals surface area (Å²) in [5.41, 5.74) is 5.71. The molecule has 0 radical (unpaired) electrons. The maximum absolute atomic E-state index is 11.9. The minimum Gasteiger partial charge on any atom is -0.456 e. The smallest absolute Gasteiger partial charge is 0.340 e. The number of aromatic nitrogens is 1. The van der Waals surface area contributed by atoms with Crippen LogP contribution in [0.15, 0.2) is 18.5 Å². The molecule has 0 amide bonds. The lowest BCUT2D eigenvalue weighted by atomic mass is 10.1. The molecule has 1 heterocycles. The molecule has 0 unspecified atom stereocenters.